The third-order valence-electron chi connectivity index (χ3n) is 1.64. The molecule has 64 valence electrons. The summed E-state index contributed by atoms with van der Waals surface area (Å²) in [5.74, 6) is -1.02. The molecule has 1 aliphatic heterocycles. The van der Waals surface area contributed by atoms with Crippen molar-refractivity contribution in [2.75, 3.05) is 19.7 Å². The second kappa shape index (κ2) is 3.66. The van der Waals surface area contributed by atoms with Crippen molar-refractivity contribution in [3.63, 3.8) is 0 Å². The number of carboxylic acid groups (broad SMARTS) is 1. The summed E-state index contributed by atoms with van der Waals surface area (Å²) in [5, 5.41) is 11.5. The smallest absolute Gasteiger partial charge is 0.323 e. The number of nitrogens with two attached hydrogens (primary N) is 1. The number of nitrogens with one attached hydrogen (secondary N) is 1. The van der Waals surface area contributed by atoms with Crippen LogP contribution in [-0.4, -0.2) is 42.9 Å². The summed E-state index contributed by atoms with van der Waals surface area (Å²) in [6.45, 7) is 1.82. The van der Waals surface area contributed by atoms with Crippen LogP contribution >= 0.6 is 0 Å². The van der Waals surface area contributed by atoms with E-state index in [0.29, 0.717) is 13.2 Å². The Labute approximate surface area is 64.5 Å². The minimum absolute atomic E-state index is 0.388. The van der Waals surface area contributed by atoms with Crippen LogP contribution in [0.1, 0.15) is 0 Å². The minimum atomic E-state index is -1.02. The molecule has 1 fully saturated rings. The molecule has 0 amide bonds. The monoisotopic (exact) mass is 160 g/mol. The predicted molar refractivity (Wildman–Crippen MR) is 38.2 cm³/mol. The molecular weight excluding hydrogens is 148 g/mol. The van der Waals surface area contributed by atoms with Crippen molar-refractivity contribution in [3.8, 4) is 0 Å². The summed E-state index contributed by atoms with van der Waals surface area (Å²) >= 11 is 0. The van der Waals surface area contributed by atoms with Crippen LogP contribution in [0.5, 0.6) is 0 Å². The maximum absolute atomic E-state index is 10.4. The fourth-order valence-corrected chi connectivity index (χ4v) is 0.975. The second-order valence-electron chi connectivity index (χ2n) is 2.48. The molecule has 0 bridgehead atoms. The SMILES string of the molecule is N[C@H](C(=O)O)C1CNCCO1. The molecule has 1 aliphatic rings. The van der Waals surface area contributed by atoms with Gasteiger partial charge in [0.2, 0.25) is 0 Å². The van der Waals surface area contributed by atoms with Crippen LogP contribution < -0.4 is 11.1 Å². The number of morpholine rings is 1. The number of carbonyl (C=O) groups is 1. The summed E-state index contributed by atoms with van der Waals surface area (Å²) < 4.78 is 5.13. The highest BCUT2D eigenvalue weighted by molar-refractivity contribution is 5.73. The summed E-state index contributed by atoms with van der Waals surface area (Å²) in [6.07, 6.45) is -0.388. The molecule has 0 aromatic carbocycles. The highest BCUT2D eigenvalue weighted by Gasteiger charge is 2.26. The summed E-state index contributed by atoms with van der Waals surface area (Å²) in [4.78, 5) is 10.4. The Hall–Kier alpha value is -0.650. The lowest BCUT2D eigenvalue weighted by Gasteiger charge is -2.25. The molecule has 1 saturated heterocycles. The van der Waals surface area contributed by atoms with Crippen molar-refractivity contribution in [1.29, 1.82) is 0 Å². The molecule has 5 heteroatoms. The van der Waals surface area contributed by atoms with Gasteiger partial charge in [0, 0.05) is 13.1 Å². The first kappa shape index (κ1) is 8.45. The highest BCUT2D eigenvalue weighted by Crippen LogP contribution is 1.99. The van der Waals surface area contributed by atoms with Crippen molar-refractivity contribution in [3.05, 3.63) is 0 Å². The van der Waals surface area contributed by atoms with Gasteiger partial charge in [0.15, 0.2) is 0 Å². The van der Waals surface area contributed by atoms with Crippen LogP contribution in [0.3, 0.4) is 0 Å². The zero-order valence-corrected chi connectivity index (χ0v) is 6.12. The largest absolute Gasteiger partial charge is 0.480 e. The van der Waals surface area contributed by atoms with E-state index in [4.69, 9.17) is 15.6 Å². The van der Waals surface area contributed by atoms with E-state index in [1.54, 1.807) is 0 Å². The van der Waals surface area contributed by atoms with E-state index in [1.165, 1.54) is 0 Å². The van der Waals surface area contributed by atoms with Crippen LogP contribution in [-0.2, 0) is 9.53 Å². The minimum Gasteiger partial charge on any atom is -0.480 e. The number of hydrogen-bond acceptors (Lipinski definition) is 4. The van der Waals surface area contributed by atoms with Crippen LogP contribution in [0.15, 0.2) is 0 Å². The van der Waals surface area contributed by atoms with Crippen molar-refractivity contribution in [2.45, 2.75) is 12.1 Å². The standard InChI is InChI=1S/C6H12N2O3/c7-5(6(9)10)4-3-8-1-2-11-4/h4-5,8H,1-3,7H2,(H,9,10)/t4?,5-/m0/s1. The Kier molecular flexibility index (Phi) is 2.81. The molecule has 0 aliphatic carbocycles. The lowest BCUT2D eigenvalue weighted by Crippen LogP contribution is -2.52. The Bertz CT molecular complexity index is 145. The Morgan fingerprint density at radius 1 is 1.82 bits per heavy atom. The van der Waals surface area contributed by atoms with Gasteiger partial charge < -0.3 is 20.9 Å². The molecule has 4 N–H and O–H groups in total. The van der Waals surface area contributed by atoms with Crippen molar-refractivity contribution in [1.82, 2.24) is 5.32 Å². The number of aliphatic carboxylic acids is 1. The van der Waals surface area contributed by atoms with Gasteiger partial charge in [-0.25, -0.2) is 0 Å². The molecule has 0 radical (unpaired) electrons. The highest BCUT2D eigenvalue weighted by atomic mass is 16.5. The zero-order chi connectivity index (χ0) is 8.27. The van der Waals surface area contributed by atoms with Crippen molar-refractivity contribution >= 4 is 5.97 Å². The van der Waals surface area contributed by atoms with Gasteiger partial charge in [0.05, 0.1) is 12.7 Å². The first-order valence-corrected chi connectivity index (χ1v) is 3.52. The Morgan fingerprint density at radius 2 is 2.55 bits per heavy atom. The van der Waals surface area contributed by atoms with Gasteiger partial charge in [-0.2, -0.15) is 0 Å². The third-order valence-corrected chi connectivity index (χ3v) is 1.64. The van der Waals surface area contributed by atoms with E-state index in [-0.39, 0.29) is 6.10 Å². The van der Waals surface area contributed by atoms with Crippen LogP contribution in [0, 0.1) is 0 Å². The lowest BCUT2D eigenvalue weighted by molar-refractivity contribution is -0.143. The number of carboxylic acids is 1. The third kappa shape index (κ3) is 2.14. The number of hydrogen-bond donors (Lipinski definition) is 3. The normalized spacial score (nSPS) is 27.9. The van der Waals surface area contributed by atoms with Gasteiger partial charge in [-0.15, -0.1) is 0 Å². The summed E-state index contributed by atoms with van der Waals surface area (Å²) in [5.41, 5.74) is 5.33. The predicted octanol–water partition coefficient (Wildman–Crippen LogP) is -1.61. The van der Waals surface area contributed by atoms with Gasteiger partial charge in [-0.1, -0.05) is 0 Å². The van der Waals surface area contributed by atoms with E-state index in [9.17, 15) is 4.79 Å². The molecule has 11 heavy (non-hydrogen) atoms. The fourth-order valence-electron chi connectivity index (χ4n) is 0.975. The van der Waals surface area contributed by atoms with Gasteiger partial charge in [0.1, 0.15) is 6.04 Å². The van der Waals surface area contributed by atoms with E-state index in [0.717, 1.165) is 6.54 Å². The van der Waals surface area contributed by atoms with Crippen molar-refractivity contribution < 1.29 is 14.6 Å². The van der Waals surface area contributed by atoms with Crippen LogP contribution in [0.4, 0.5) is 0 Å². The molecular formula is C6H12N2O3. The first-order valence-electron chi connectivity index (χ1n) is 3.52. The molecule has 1 unspecified atom stereocenters. The number of rotatable bonds is 2. The molecule has 1 rings (SSSR count). The molecule has 1 heterocycles. The quantitative estimate of drug-likeness (QED) is 0.452. The maximum Gasteiger partial charge on any atom is 0.323 e. The average molecular weight is 160 g/mol. The summed E-state index contributed by atoms with van der Waals surface area (Å²) in [7, 11) is 0. The van der Waals surface area contributed by atoms with Gasteiger partial charge in [0.25, 0.3) is 0 Å². The lowest BCUT2D eigenvalue weighted by atomic mass is 10.1. The maximum atomic E-state index is 10.4. The Morgan fingerprint density at radius 3 is 3.00 bits per heavy atom. The van der Waals surface area contributed by atoms with Crippen LogP contribution in [0.25, 0.3) is 0 Å². The zero-order valence-electron chi connectivity index (χ0n) is 6.12. The van der Waals surface area contributed by atoms with E-state index in [1.807, 2.05) is 0 Å². The first-order chi connectivity index (χ1) is 5.22. The molecule has 2 atom stereocenters. The molecule has 0 aromatic rings. The molecule has 5 nitrogen and oxygen atoms in total. The molecule has 0 aromatic heterocycles. The molecule has 0 saturated carbocycles. The van der Waals surface area contributed by atoms with E-state index >= 15 is 0 Å². The van der Waals surface area contributed by atoms with Crippen LogP contribution in [0.2, 0.25) is 0 Å². The van der Waals surface area contributed by atoms with Gasteiger partial charge >= 0.3 is 5.97 Å². The summed E-state index contributed by atoms with van der Waals surface area (Å²) in [6, 6.07) is -0.914. The van der Waals surface area contributed by atoms with Gasteiger partial charge in [-0.05, 0) is 0 Å². The van der Waals surface area contributed by atoms with Gasteiger partial charge in [-0.3, -0.25) is 4.79 Å². The van der Waals surface area contributed by atoms with E-state index in [2.05, 4.69) is 5.32 Å². The average Bonchev–Trinajstić information content (AvgIpc) is 2.05. The second-order valence-corrected chi connectivity index (χ2v) is 2.48. The Balaban J connectivity index is 2.38. The van der Waals surface area contributed by atoms with E-state index < -0.39 is 12.0 Å². The molecule has 0 spiro atoms. The topological polar surface area (TPSA) is 84.6 Å². The fraction of sp³-hybridized carbons (Fsp3) is 0.833. The number of ether oxygens (including phenoxy) is 1. The van der Waals surface area contributed by atoms with Crippen molar-refractivity contribution in [2.24, 2.45) is 5.73 Å².